The maximum Gasteiger partial charge on any atom is 0.305 e. The van der Waals surface area contributed by atoms with Crippen molar-refractivity contribution in [1.82, 2.24) is 0 Å². The summed E-state index contributed by atoms with van der Waals surface area (Å²) < 4.78 is 22.4. The van der Waals surface area contributed by atoms with Crippen LogP contribution in [0.1, 0.15) is 95.1 Å². The summed E-state index contributed by atoms with van der Waals surface area (Å²) in [7, 11) is 0. The molecule has 0 radical (unpaired) electrons. The minimum absolute atomic E-state index is 0.0131. The second-order valence-electron chi connectivity index (χ2n) is 9.08. The number of carbonyl (C=O) groups excluding carboxylic acids is 1. The van der Waals surface area contributed by atoms with E-state index in [1.165, 1.54) is 12.0 Å². The van der Waals surface area contributed by atoms with E-state index in [-0.39, 0.29) is 18.7 Å². The summed E-state index contributed by atoms with van der Waals surface area (Å²) in [6.45, 7) is 4.34. The van der Waals surface area contributed by atoms with Gasteiger partial charge in [0.15, 0.2) is 6.29 Å². The number of ether oxygens (including phenoxy) is 4. The molecule has 7 heteroatoms. The molecule has 0 amide bonds. The number of aliphatic carboxylic acids is 1. The molecule has 1 heterocycles. The summed E-state index contributed by atoms with van der Waals surface area (Å²) in [5.41, 5.74) is 2.19. The maximum atomic E-state index is 11.4. The molecule has 0 saturated carbocycles. The number of hydrogen-bond acceptors (Lipinski definition) is 6. The Hall–Kier alpha value is -2.12. The molecule has 1 aromatic rings. The molecule has 0 aliphatic carbocycles. The van der Waals surface area contributed by atoms with E-state index >= 15 is 0 Å². The highest BCUT2D eigenvalue weighted by atomic mass is 16.7. The van der Waals surface area contributed by atoms with Crippen molar-refractivity contribution in [3.05, 3.63) is 29.3 Å². The molecular formula is C28H44O7. The van der Waals surface area contributed by atoms with Gasteiger partial charge < -0.3 is 24.1 Å². The van der Waals surface area contributed by atoms with Crippen LogP contribution in [0.3, 0.4) is 0 Å². The summed E-state index contributed by atoms with van der Waals surface area (Å²) in [5, 5.41) is 9.20. The quantitative estimate of drug-likeness (QED) is 0.191. The van der Waals surface area contributed by atoms with Gasteiger partial charge in [-0.25, -0.2) is 0 Å². The van der Waals surface area contributed by atoms with Gasteiger partial charge in [0.05, 0.1) is 13.2 Å². The molecule has 0 aromatic heterocycles. The highest BCUT2D eigenvalue weighted by molar-refractivity contribution is 5.69. The van der Waals surface area contributed by atoms with Gasteiger partial charge >= 0.3 is 11.9 Å². The van der Waals surface area contributed by atoms with Crippen LogP contribution in [0, 0.1) is 0 Å². The number of benzene rings is 1. The fourth-order valence-corrected chi connectivity index (χ4v) is 4.29. The van der Waals surface area contributed by atoms with E-state index in [0.717, 1.165) is 88.7 Å². The van der Waals surface area contributed by atoms with Gasteiger partial charge in [-0.2, -0.15) is 0 Å². The molecule has 2 rings (SSSR count). The SMILES string of the molecule is CCOC(=O)CCCCCOc1cccc(CCCCCCOC2CCCCO2)c1CCC(=O)O. The van der Waals surface area contributed by atoms with Crippen molar-refractivity contribution in [2.45, 2.75) is 103 Å². The first-order valence-electron chi connectivity index (χ1n) is 13.4. The summed E-state index contributed by atoms with van der Waals surface area (Å²) in [6, 6.07) is 6.02. The van der Waals surface area contributed by atoms with E-state index in [2.05, 4.69) is 6.07 Å². The number of aryl methyl sites for hydroxylation is 1. The van der Waals surface area contributed by atoms with Crippen molar-refractivity contribution >= 4 is 11.9 Å². The molecule has 1 N–H and O–H groups in total. The molecule has 35 heavy (non-hydrogen) atoms. The average molecular weight is 493 g/mol. The highest BCUT2D eigenvalue weighted by Gasteiger charge is 2.14. The second-order valence-corrected chi connectivity index (χ2v) is 9.08. The zero-order chi connectivity index (χ0) is 25.1. The molecule has 1 atom stereocenters. The third kappa shape index (κ3) is 13.0. The van der Waals surface area contributed by atoms with Crippen molar-refractivity contribution in [1.29, 1.82) is 0 Å². The molecule has 0 bridgehead atoms. The minimum Gasteiger partial charge on any atom is -0.493 e. The Morgan fingerprint density at radius 1 is 0.971 bits per heavy atom. The van der Waals surface area contributed by atoms with Gasteiger partial charge in [0.25, 0.3) is 0 Å². The van der Waals surface area contributed by atoms with Gasteiger partial charge in [-0.05, 0) is 88.3 Å². The first kappa shape index (κ1) is 29.1. The van der Waals surface area contributed by atoms with Crippen molar-refractivity contribution in [3.8, 4) is 5.75 Å². The largest absolute Gasteiger partial charge is 0.493 e. The minimum atomic E-state index is -0.799. The zero-order valence-corrected chi connectivity index (χ0v) is 21.4. The lowest BCUT2D eigenvalue weighted by molar-refractivity contribution is -0.162. The lowest BCUT2D eigenvalue weighted by Crippen LogP contribution is -2.22. The van der Waals surface area contributed by atoms with Crippen LogP contribution >= 0.6 is 0 Å². The van der Waals surface area contributed by atoms with Crippen molar-refractivity contribution < 1.29 is 33.6 Å². The third-order valence-electron chi connectivity index (χ3n) is 6.19. The molecule has 1 saturated heterocycles. The topological polar surface area (TPSA) is 91.3 Å². The Morgan fingerprint density at radius 3 is 2.54 bits per heavy atom. The van der Waals surface area contributed by atoms with Crippen molar-refractivity contribution in [3.63, 3.8) is 0 Å². The van der Waals surface area contributed by atoms with E-state index in [0.29, 0.717) is 26.1 Å². The number of unbranched alkanes of at least 4 members (excludes halogenated alkanes) is 5. The third-order valence-corrected chi connectivity index (χ3v) is 6.19. The highest BCUT2D eigenvalue weighted by Crippen LogP contribution is 2.26. The molecule has 7 nitrogen and oxygen atoms in total. The van der Waals surface area contributed by atoms with Gasteiger partial charge in [-0.3, -0.25) is 9.59 Å². The fraction of sp³-hybridized carbons (Fsp3) is 0.714. The Balaban J connectivity index is 1.72. The van der Waals surface area contributed by atoms with Crippen molar-refractivity contribution in [2.24, 2.45) is 0 Å². The summed E-state index contributed by atoms with van der Waals surface area (Å²) in [5.74, 6) is -0.162. The first-order valence-corrected chi connectivity index (χ1v) is 13.4. The molecule has 1 aromatic carbocycles. The first-order chi connectivity index (χ1) is 17.1. The van der Waals surface area contributed by atoms with Gasteiger partial charge in [-0.15, -0.1) is 0 Å². The average Bonchev–Trinajstić information content (AvgIpc) is 2.85. The fourth-order valence-electron chi connectivity index (χ4n) is 4.29. The zero-order valence-electron chi connectivity index (χ0n) is 21.4. The Bertz CT molecular complexity index is 728. The van der Waals surface area contributed by atoms with Crippen LogP contribution in [-0.4, -0.2) is 49.8 Å². The van der Waals surface area contributed by atoms with E-state index in [1.54, 1.807) is 0 Å². The number of carboxylic acids is 1. The van der Waals surface area contributed by atoms with Crippen LogP contribution < -0.4 is 4.74 Å². The Kier molecular flexibility index (Phi) is 15.1. The molecule has 1 aliphatic heterocycles. The molecular weight excluding hydrogens is 448 g/mol. The van der Waals surface area contributed by atoms with Crippen LogP contribution in [0.5, 0.6) is 5.75 Å². The van der Waals surface area contributed by atoms with Crippen LogP contribution in [0.25, 0.3) is 0 Å². The Labute approximate surface area is 210 Å². The molecule has 1 aliphatic rings. The predicted octanol–water partition coefficient (Wildman–Crippen LogP) is 5.85. The van der Waals surface area contributed by atoms with Gasteiger partial charge in [0.2, 0.25) is 0 Å². The number of carbonyl (C=O) groups is 2. The normalized spacial score (nSPS) is 15.6. The summed E-state index contributed by atoms with van der Waals surface area (Å²) in [6.07, 6.45) is 12.1. The van der Waals surface area contributed by atoms with E-state index < -0.39 is 5.97 Å². The predicted molar refractivity (Wildman–Crippen MR) is 135 cm³/mol. The van der Waals surface area contributed by atoms with Gasteiger partial charge in [-0.1, -0.05) is 25.0 Å². The van der Waals surface area contributed by atoms with E-state index in [4.69, 9.17) is 18.9 Å². The summed E-state index contributed by atoms with van der Waals surface area (Å²) in [4.78, 5) is 22.6. The van der Waals surface area contributed by atoms with E-state index in [9.17, 15) is 14.7 Å². The smallest absolute Gasteiger partial charge is 0.305 e. The standard InChI is InChI=1S/C28H44O7/c1-2-32-27(31)16-7-5-10-20-33-25-15-12-14-23(24(25)18-19-26(29)30)13-6-3-4-9-21-34-28-17-8-11-22-35-28/h12,14-15,28H,2-11,13,16-22H2,1H3,(H,29,30). The second kappa shape index (κ2) is 18.2. The maximum absolute atomic E-state index is 11.4. The molecule has 1 fully saturated rings. The van der Waals surface area contributed by atoms with Gasteiger partial charge in [0.1, 0.15) is 5.75 Å². The molecule has 1 unspecified atom stereocenters. The van der Waals surface area contributed by atoms with Crippen LogP contribution in [0.4, 0.5) is 0 Å². The summed E-state index contributed by atoms with van der Waals surface area (Å²) >= 11 is 0. The number of carboxylic acid groups (broad SMARTS) is 1. The number of esters is 1. The van der Waals surface area contributed by atoms with Crippen LogP contribution in [-0.2, 0) is 36.6 Å². The molecule has 198 valence electrons. The number of rotatable bonds is 19. The van der Waals surface area contributed by atoms with Crippen molar-refractivity contribution in [2.75, 3.05) is 26.4 Å². The number of hydrogen-bond donors (Lipinski definition) is 1. The monoisotopic (exact) mass is 492 g/mol. The lowest BCUT2D eigenvalue weighted by atomic mass is 9.97. The van der Waals surface area contributed by atoms with Crippen LogP contribution in [0.15, 0.2) is 18.2 Å². The lowest BCUT2D eigenvalue weighted by Gasteiger charge is -2.22. The van der Waals surface area contributed by atoms with Gasteiger partial charge in [0, 0.05) is 26.1 Å². The van der Waals surface area contributed by atoms with Crippen LogP contribution in [0.2, 0.25) is 0 Å². The molecule has 0 spiro atoms. The Morgan fingerprint density at radius 2 is 1.77 bits per heavy atom. The van der Waals surface area contributed by atoms with E-state index in [1.807, 2.05) is 19.1 Å².